The van der Waals surface area contributed by atoms with Gasteiger partial charge in [-0.2, -0.15) is 0 Å². The minimum atomic E-state index is -3.63. The van der Waals surface area contributed by atoms with Gasteiger partial charge in [-0.05, 0) is 44.2 Å². The summed E-state index contributed by atoms with van der Waals surface area (Å²) >= 11 is 0. The lowest BCUT2D eigenvalue weighted by Gasteiger charge is -2.22. The topological polar surface area (TPSA) is 66.5 Å². The van der Waals surface area contributed by atoms with Crippen LogP contribution in [0.1, 0.15) is 19.8 Å². The fourth-order valence-corrected chi connectivity index (χ4v) is 3.78. The van der Waals surface area contributed by atoms with Crippen molar-refractivity contribution >= 4 is 28.2 Å². The highest BCUT2D eigenvalue weighted by Gasteiger charge is 2.27. The molecular formula is C15H22ClFN2O3S. The standard InChI is InChI=1S/C15H21FN2O3S.ClH/c1-12(11-15(19)18-9-2-7-17-8-10-18)22(20,21)14-5-3-13(16)4-6-14;/h3-6,12,17H,2,7-11H2,1H3;1H. The Morgan fingerprint density at radius 1 is 1.26 bits per heavy atom. The fraction of sp³-hybridized carbons (Fsp3) is 0.533. The van der Waals surface area contributed by atoms with Crippen molar-refractivity contribution in [2.45, 2.75) is 29.9 Å². The summed E-state index contributed by atoms with van der Waals surface area (Å²) in [5, 5.41) is 2.37. The van der Waals surface area contributed by atoms with Crippen LogP contribution in [0.2, 0.25) is 0 Å². The molecule has 0 saturated carbocycles. The van der Waals surface area contributed by atoms with Gasteiger partial charge >= 0.3 is 0 Å². The van der Waals surface area contributed by atoms with E-state index in [4.69, 9.17) is 0 Å². The molecule has 1 saturated heterocycles. The number of hydrogen-bond donors (Lipinski definition) is 1. The second-order valence-corrected chi connectivity index (χ2v) is 7.86. The van der Waals surface area contributed by atoms with Gasteiger partial charge in [-0.15, -0.1) is 12.4 Å². The average Bonchev–Trinajstić information content (AvgIpc) is 2.76. The number of sulfone groups is 1. The molecule has 1 amide bonds. The van der Waals surface area contributed by atoms with Crippen LogP contribution in [0.25, 0.3) is 0 Å². The van der Waals surface area contributed by atoms with Crippen LogP contribution in [0, 0.1) is 5.82 Å². The minimum Gasteiger partial charge on any atom is -0.341 e. The largest absolute Gasteiger partial charge is 0.341 e. The molecule has 1 aliphatic rings. The normalized spacial score (nSPS) is 17.0. The maximum absolute atomic E-state index is 12.9. The van der Waals surface area contributed by atoms with Gasteiger partial charge in [0.15, 0.2) is 9.84 Å². The second kappa shape index (κ2) is 8.61. The van der Waals surface area contributed by atoms with E-state index in [0.29, 0.717) is 13.1 Å². The molecule has 0 bridgehead atoms. The zero-order valence-electron chi connectivity index (χ0n) is 13.0. The van der Waals surface area contributed by atoms with Crippen molar-refractivity contribution in [1.82, 2.24) is 10.2 Å². The first-order valence-electron chi connectivity index (χ1n) is 7.39. The molecule has 5 nitrogen and oxygen atoms in total. The smallest absolute Gasteiger partial charge is 0.223 e. The molecule has 1 atom stereocenters. The van der Waals surface area contributed by atoms with Crippen molar-refractivity contribution < 1.29 is 17.6 Å². The minimum absolute atomic E-state index is 0. The van der Waals surface area contributed by atoms with Crippen LogP contribution in [-0.2, 0) is 14.6 Å². The molecule has 0 spiro atoms. The third-order valence-electron chi connectivity index (χ3n) is 3.83. The van der Waals surface area contributed by atoms with E-state index >= 15 is 0 Å². The van der Waals surface area contributed by atoms with Crippen molar-refractivity contribution in [3.8, 4) is 0 Å². The number of nitrogens with one attached hydrogen (secondary N) is 1. The molecule has 0 aromatic heterocycles. The molecule has 1 heterocycles. The molecule has 8 heteroatoms. The number of benzene rings is 1. The van der Waals surface area contributed by atoms with Crippen LogP contribution in [0.4, 0.5) is 4.39 Å². The first-order valence-corrected chi connectivity index (χ1v) is 8.94. The summed E-state index contributed by atoms with van der Waals surface area (Å²) in [4.78, 5) is 14.0. The van der Waals surface area contributed by atoms with Crippen molar-refractivity contribution in [3.05, 3.63) is 30.1 Å². The van der Waals surface area contributed by atoms with Gasteiger partial charge in [-0.3, -0.25) is 4.79 Å². The predicted octanol–water partition coefficient (Wildman–Crippen LogP) is 1.62. The zero-order valence-corrected chi connectivity index (χ0v) is 14.6. The molecule has 0 radical (unpaired) electrons. The summed E-state index contributed by atoms with van der Waals surface area (Å²) in [5.74, 6) is -0.637. The summed E-state index contributed by atoms with van der Waals surface area (Å²) in [6.07, 6.45) is 0.810. The number of nitrogens with zero attached hydrogens (tertiary/aromatic N) is 1. The molecule has 1 aromatic carbocycles. The molecule has 1 aromatic rings. The number of carbonyl (C=O) groups excluding carboxylic acids is 1. The Balaban J connectivity index is 0.00000264. The Kier molecular flexibility index (Phi) is 7.44. The Morgan fingerprint density at radius 3 is 2.57 bits per heavy atom. The number of halogens is 2. The molecule has 1 N–H and O–H groups in total. The van der Waals surface area contributed by atoms with Gasteiger partial charge in [-0.1, -0.05) is 0 Å². The number of amides is 1. The van der Waals surface area contributed by atoms with E-state index in [1.54, 1.807) is 4.90 Å². The highest BCUT2D eigenvalue weighted by molar-refractivity contribution is 7.92. The molecule has 0 aliphatic carbocycles. The van der Waals surface area contributed by atoms with Gasteiger partial charge in [0.1, 0.15) is 5.82 Å². The third kappa shape index (κ3) is 5.16. The van der Waals surface area contributed by atoms with Crippen LogP contribution in [-0.4, -0.2) is 50.7 Å². The van der Waals surface area contributed by atoms with Gasteiger partial charge in [0, 0.05) is 26.1 Å². The van der Waals surface area contributed by atoms with Gasteiger partial charge in [0.05, 0.1) is 10.1 Å². The number of rotatable bonds is 4. The highest BCUT2D eigenvalue weighted by Crippen LogP contribution is 2.19. The number of carbonyl (C=O) groups is 1. The Hall–Kier alpha value is -1.18. The van der Waals surface area contributed by atoms with E-state index in [1.807, 2.05) is 0 Å². The summed E-state index contributed by atoms with van der Waals surface area (Å²) in [7, 11) is -3.63. The molecule has 1 fully saturated rings. The van der Waals surface area contributed by atoms with Crippen molar-refractivity contribution in [2.75, 3.05) is 26.2 Å². The van der Waals surface area contributed by atoms with Gasteiger partial charge < -0.3 is 10.2 Å². The molecule has 1 unspecified atom stereocenters. The molecular weight excluding hydrogens is 343 g/mol. The van der Waals surface area contributed by atoms with Crippen LogP contribution < -0.4 is 5.32 Å². The van der Waals surface area contributed by atoms with Crippen LogP contribution in [0.15, 0.2) is 29.2 Å². The first-order chi connectivity index (χ1) is 10.4. The van der Waals surface area contributed by atoms with Gasteiger partial charge in [-0.25, -0.2) is 12.8 Å². The van der Waals surface area contributed by atoms with Crippen LogP contribution in [0.5, 0.6) is 0 Å². The maximum atomic E-state index is 12.9. The highest BCUT2D eigenvalue weighted by atomic mass is 35.5. The molecule has 130 valence electrons. The monoisotopic (exact) mass is 364 g/mol. The van der Waals surface area contributed by atoms with E-state index in [2.05, 4.69) is 5.32 Å². The first kappa shape index (κ1) is 19.9. The summed E-state index contributed by atoms with van der Waals surface area (Å²) in [5.41, 5.74) is 0. The van der Waals surface area contributed by atoms with E-state index in [-0.39, 0.29) is 29.6 Å². The SMILES string of the molecule is CC(CC(=O)N1CCCNCC1)S(=O)(=O)c1ccc(F)cc1.Cl. The summed E-state index contributed by atoms with van der Waals surface area (Å²) < 4.78 is 37.8. The lowest BCUT2D eigenvalue weighted by atomic mass is 10.3. The Morgan fingerprint density at radius 2 is 1.91 bits per heavy atom. The van der Waals surface area contributed by atoms with Crippen LogP contribution in [0.3, 0.4) is 0 Å². The summed E-state index contributed by atoms with van der Waals surface area (Å²) in [6, 6.07) is 4.70. The molecule has 1 aliphatic heterocycles. The van der Waals surface area contributed by atoms with Gasteiger partial charge in [0.2, 0.25) is 5.91 Å². The van der Waals surface area contributed by atoms with E-state index in [9.17, 15) is 17.6 Å². The fourth-order valence-electron chi connectivity index (χ4n) is 2.44. The van der Waals surface area contributed by atoms with Crippen molar-refractivity contribution in [1.29, 1.82) is 0 Å². The van der Waals surface area contributed by atoms with Crippen molar-refractivity contribution in [3.63, 3.8) is 0 Å². The second-order valence-electron chi connectivity index (χ2n) is 5.50. The van der Waals surface area contributed by atoms with Crippen LogP contribution >= 0.6 is 12.4 Å². The predicted molar refractivity (Wildman–Crippen MR) is 89.0 cm³/mol. The lowest BCUT2D eigenvalue weighted by molar-refractivity contribution is -0.130. The average molecular weight is 365 g/mol. The van der Waals surface area contributed by atoms with Gasteiger partial charge in [0.25, 0.3) is 0 Å². The molecule has 2 rings (SSSR count). The quantitative estimate of drug-likeness (QED) is 0.824. The molecule has 23 heavy (non-hydrogen) atoms. The van der Waals surface area contributed by atoms with E-state index in [0.717, 1.165) is 31.6 Å². The maximum Gasteiger partial charge on any atom is 0.223 e. The number of hydrogen-bond acceptors (Lipinski definition) is 4. The Labute approximate surface area is 142 Å². The van der Waals surface area contributed by atoms with Crippen molar-refractivity contribution in [2.24, 2.45) is 0 Å². The third-order valence-corrected chi connectivity index (χ3v) is 5.98. The van der Waals surface area contributed by atoms with E-state index in [1.165, 1.54) is 19.1 Å². The summed E-state index contributed by atoms with van der Waals surface area (Å²) in [6.45, 7) is 4.36. The zero-order chi connectivity index (χ0) is 16.2. The lowest BCUT2D eigenvalue weighted by Crippen LogP contribution is -2.37. The Bertz CT molecular complexity index is 614. The van der Waals surface area contributed by atoms with E-state index < -0.39 is 20.9 Å².